The van der Waals surface area contributed by atoms with Crippen LogP contribution in [-0.2, 0) is 4.74 Å². The van der Waals surface area contributed by atoms with Crippen molar-refractivity contribution in [1.29, 1.82) is 0 Å². The average molecular weight is 368 g/mol. The van der Waals surface area contributed by atoms with Crippen LogP contribution in [0.3, 0.4) is 0 Å². The van der Waals surface area contributed by atoms with E-state index in [1.165, 1.54) is 0 Å². The molecule has 3 rings (SSSR count). The van der Waals surface area contributed by atoms with Crippen LogP contribution in [0.5, 0.6) is 0 Å². The third-order valence-corrected chi connectivity index (χ3v) is 5.14. The molecule has 6 heteroatoms. The zero-order valence-electron chi connectivity index (χ0n) is 15.2. The van der Waals surface area contributed by atoms with E-state index >= 15 is 0 Å². The van der Waals surface area contributed by atoms with Gasteiger partial charge in [-0.1, -0.05) is 18.2 Å². The summed E-state index contributed by atoms with van der Waals surface area (Å²) in [6, 6.07) is 11.4. The summed E-state index contributed by atoms with van der Waals surface area (Å²) in [5.74, 6) is -0.717. The van der Waals surface area contributed by atoms with Gasteiger partial charge in [-0.3, -0.25) is 4.79 Å². The molecular weight excluding hydrogens is 348 g/mol. The molecule has 3 aromatic rings. The molecule has 0 unspecified atom stereocenters. The number of thiophene rings is 1. The number of rotatable bonds is 5. The molecule has 0 radical (unpaired) electrons. The summed E-state index contributed by atoms with van der Waals surface area (Å²) in [7, 11) is 0. The summed E-state index contributed by atoms with van der Waals surface area (Å²) in [6.45, 7) is 7.15. The highest BCUT2D eigenvalue weighted by Crippen LogP contribution is 2.22. The highest BCUT2D eigenvalue weighted by atomic mass is 32.1. The Morgan fingerprint density at radius 2 is 1.81 bits per heavy atom. The lowest BCUT2D eigenvalue weighted by Crippen LogP contribution is -2.15. The number of hydrogen-bond acceptors (Lipinski definition) is 5. The summed E-state index contributed by atoms with van der Waals surface area (Å²) in [4.78, 5) is 26.9. The number of aromatic nitrogens is 2. The Bertz CT molecular complexity index is 971. The third kappa shape index (κ3) is 3.46. The highest BCUT2D eigenvalue weighted by Gasteiger charge is 2.22. The van der Waals surface area contributed by atoms with Gasteiger partial charge in [-0.15, -0.1) is 11.3 Å². The molecule has 0 aliphatic rings. The lowest BCUT2D eigenvalue weighted by Gasteiger charge is -2.06. The number of ether oxygens (including phenoxy) is 1. The largest absolute Gasteiger partial charge is 0.454 e. The van der Waals surface area contributed by atoms with E-state index in [-0.39, 0.29) is 12.4 Å². The Morgan fingerprint density at radius 1 is 1.12 bits per heavy atom. The van der Waals surface area contributed by atoms with Gasteiger partial charge in [0.25, 0.3) is 0 Å². The quantitative estimate of drug-likeness (QED) is 0.500. The van der Waals surface area contributed by atoms with Crippen molar-refractivity contribution in [2.45, 2.75) is 27.7 Å². The fourth-order valence-electron chi connectivity index (χ4n) is 2.95. The lowest BCUT2D eigenvalue weighted by atomic mass is 10.1. The lowest BCUT2D eigenvalue weighted by molar-refractivity contribution is 0.0473. The molecule has 2 aromatic heterocycles. The molecule has 0 N–H and O–H groups in total. The predicted molar refractivity (Wildman–Crippen MR) is 101 cm³/mol. The number of carbonyl (C=O) groups is 2. The second kappa shape index (κ2) is 7.25. The van der Waals surface area contributed by atoms with Gasteiger partial charge >= 0.3 is 5.97 Å². The van der Waals surface area contributed by atoms with Gasteiger partial charge in [0.2, 0.25) is 5.78 Å². The first kappa shape index (κ1) is 18.1. The molecule has 0 aliphatic carbocycles. The van der Waals surface area contributed by atoms with Crippen LogP contribution in [0.1, 0.15) is 41.9 Å². The van der Waals surface area contributed by atoms with E-state index in [2.05, 4.69) is 5.10 Å². The normalized spacial score (nSPS) is 10.8. The zero-order chi connectivity index (χ0) is 18.8. The molecular formula is C20H20N2O3S. The molecule has 0 saturated heterocycles. The van der Waals surface area contributed by atoms with Crippen LogP contribution < -0.4 is 0 Å². The van der Waals surface area contributed by atoms with Crippen molar-refractivity contribution in [2.75, 3.05) is 6.61 Å². The van der Waals surface area contributed by atoms with E-state index in [0.29, 0.717) is 22.5 Å². The number of ketones is 1. The molecule has 0 atom stereocenters. The number of benzene rings is 1. The maximum Gasteiger partial charge on any atom is 0.342 e. The summed E-state index contributed by atoms with van der Waals surface area (Å²) in [5.41, 5.74) is 3.15. The van der Waals surface area contributed by atoms with Crippen molar-refractivity contribution in [1.82, 2.24) is 9.78 Å². The van der Waals surface area contributed by atoms with E-state index in [1.807, 2.05) is 57.2 Å². The molecule has 1 aromatic carbocycles. The second-order valence-electron chi connectivity index (χ2n) is 6.12. The van der Waals surface area contributed by atoms with Gasteiger partial charge in [-0.2, -0.15) is 5.10 Å². The van der Waals surface area contributed by atoms with E-state index in [4.69, 9.17) is 4.74 Å². The predicted octanol–water partition coefficient (Wildman–Crippen LogP) is 4.21. The number of nitrogens with zero attached hydrogens (tertiary/aromatic N) is 2. The molecule has 2 heterocycles. The number of aryl methyl sites for hydroxylation is 3. The van der Waals surface area contributed by atoms with Crippen molar-refractivity contribution in [3.8, 4) is 5.69 Å². The maximum absolute atomic E-state index is 12.5. The van der Waals surface area contributed by atoms with Crippen molar-refractivity contribution in [3.05, 3.63) is 68.7 Å². The molecule has 0 spiro atoms. The number of para-hydroxylation sites is 1. The summed E-state index contributed by atoms with van der Waals surface area (Å²) in [5, 5.41) is 4.44. The van der Waals surface area contributed by atoms with Crippen LogP contribution in [0, 0.1) is 27.7 Å². The molecule has 134 valence electrons. The van der Waals surface area contributed by atoms with E-state index < -0.39 is 5.97 Å². The topological polar surface area (TPSA) is 61.2 Å². The first-order chi connectivity index (χ1) is 12.4. The highest BCUT2D eigenvalue weighted by molar-refractivity contribution is 7.12. The van der Waals surface area contributed by atoms with Gasteiger partial charge in [0.15, 0.2) is 6.61 Å². The molecule has 0 saturated carbocycles. The van der Waals surface area contributed by atoms with Crippen molar-refractivity contribution in [2.24, 2.45) is 0 Å². The van der Waals surface area contributed by atoms with Crippen molar-refractivity contribution >= 4 is 23.1 Å². The minimum absolute atomic E-state index is 0.189. The minimum Gasteiger partial charge on any atom is -0.454 e. The Hall–Kier alpha value is -2.73. The SMILES string of the molecule is Cc1cc(C(=O)COC(=O)c2c(C)nn(-c3ccccc3)c2C)c(C)s1. The van der Waals surface area contributed by atoms with Crippen LogP contribution in [0.25, 0.3) is 5.69 Å². The van der Waals surface area contributed by atoms with Crippen molar-refractivity contribution in [3.63, 3.8) is 0 Å². The molecule has 26 heavy (non-hydrogen) atoms. The average Bonchev–Trinajstić information content (AvgIpc) is 3.11. The maximum atomic E-state index is 12.5. The molecule has 0 amide bonds. The fourth-order valence-corrected chi connectivity index (χ4v) is 3.89. The summed E-state index contributed by atoms with van der Waals surface area (Å²) in [6.07, 6.45) is 0. The number of Topliss-reactive ketones (excluding diaryl/α,β-unsaturated/α-hetero) is 1. The monoisotopic (exact) mass is 368 g/mol. The molecule has 0 aliphatic heterocycles. The molecule has 0 bridgehead atoms. The first-order valence-corrected chi connectivity index (χ1v) is 9.09. The summed E-state index contributed by atoms with van der Waals surface area (Å²) < 4.78 is 6.99. The molecule has 0 fully saturated rings. The van der Waals surface area contributed by atoms with Gasteiger partial charge in [0, 0.05) is 15.3 Å². The summed E-state index contributed by atoms with van der Waals surface area (Å²) >= 11 is 1.56. The minimum atomic E-state index is -0.528. The van der Waals surface area contributed by atoms with Gasteiger partial charge in [0.05, 0.1) is 17.1 Å². The third-order valence-electron chi connectivity index (χ3n) is 4.17. The second-order valence-corrected chi connectivity index (χ2v) is 7.58. The number of carbonyl (C=O) groups excluding carboxylic acids is 2. The van der Waals surface area contributed by atoms with Gasteiger partial charge in [-0.05, 0) is 45.9 Å². The zero-order valence-corrected chi connectivity index (χ0v) is 16.0. The Balaban J connectivity index is 1.77. The van der Waals surface area contributed by atoms with E-state index in [9.17, 15) is 9.59 Å². The van der Waals surface area contributed by atoms with Crippen LogP contribution in [0.15, 0.2) is 36.4 Å². The van der Waals surface area contributed by atoms with Gasteiger partial charge < -0.3 is 4.74 Å². The van der Waals surface area contributed by atoms with Crippen LogP contribution >= 0.6 is 11.3 Å². The smallest absolute Gasteiger partial charge is 0.342 e. The van der Waals surface area contributed by atoms with Gasteiger partial charge in [0.1, 0.15) is 5.56 Å². The Kier molecular flexibility index (Phi) is 5.04. The van der Waals surface area contributed by atoms with Crippen LogP contribution in [-0.4, -0.2) is 28.1 Å². The van der Waals surface area contributed by atoms with Crippen LogP contribution in [0.2, 0.25) is 0 Å². The van der Waals surface area contributed by atoms with E-state index in [0.717, 1.165) is 15.4 Å². The van der Waals surface area contributed by atoms with Crippen molar-refractivity contribution < 1.29 is 14.3 Å². The molecule has 5 nitrogen and oxygen atoms in total. The fraction of sp³-hybridized carbons (Fsp3) is 0.250. The van der Waals surface area contributed by atoms with Gasteiger partial charge in [-0.25, -0.2) is 9.48 Å². The Labute approximate surface area is 156 Å². The van der Waals surface area contributed by atoms with E-state index in [1.54, 1.807) is 22.9 Å². The number of hydrogen-bond donors (Lipinski definition) is 0. The standard InChI is InChI=1S/C20H20N2O3S/c1-12-10-17(15(4)26-12)18(23)11-25-20(24)19-13(2)21-22(14(19)3)16-8-6-5-7-9-16/h5-10H,11H2,1-4H3. The van der Waals surface area contributed by atoms with Crippen LogP contribution in [0.4, 0.5) is 0 Å². The first-order valence-electron chi connectivity index (χ1n) is 8.27. The number of esters is 1. The Morgan fingerprint density at radius 3 is 2.42 bits per heavy atom.